The van der Waals surface area contributed by atoms with Crippen molar-refractivity contribution in [3.05, 3.63) is 77.9 Å². The van der Waals surface area contributed by atoms with Gasteiger partial charge in [-0.15, -0.1) is 0 Å². The number of para-hydroxylation sites is 1. The first-order valence-electron chi connectivity index (χ1n) is 10.9. The average molecular weight is 438 g/mol. The zero-order valence-corrected chi connectivity index (χ0v) is 18.0. The normalized spacial score (nSPS) is 20.6. The van der Waals surface area contributed by atoms with E-state index in [1.807, 2.05) is 36.4 Å². The van der Waals surface area contributed by atoms with Crippen molar-refractivity contribution >= 4 is 28.9 Å². The number of hydrogen-bond donors (Lipinski definition) is 4. The molecule has 164 valence electrons. The number of ketones is 1. The van der Waals surface area contributed by atoms with Gasteiger partial charge in [-0.05, 0) is 48.6 Å². The van der Waals surface area contributed by atoms with E-state index in [4.69, 9.17) is 0 Å². The van der Waals surface area contributed by atoms with E-state index in [9.17, 15) is 9.59 Å². The fraction of sp³-hybridized carbons (Fsp3) is 0.200. The van der Waals surface area contributed by atoms with Crippen molar-refractivity contribution in [2.75, 3.05) is 10.6 Å². The number of carbonyl (C=O) groups excluding carboxylic acids is 2. The average Bonchev–Trinajstić information content (AvgIpc) is 3.16. The predicted octanol–water partition coefficient (Wildman–Crippen LogP) is 4.56. The number of fused-ring (bicyclic) bond motifs is 2. The maximum Gasteiger partial charge on any atom is 0.274 e. The Morgan fingerprint density at radius 2 is 2.00 bits per heavy atom. The fourth-order valence-electron chi connectivity index (χ4n) is 4.77. The third-order valence-corrected chi connectivity index (χ3v) is 6.65. The van der Waals surface area contributed by atoms with Crippen molar-refractivity contribution in [1.29, 1.82) is 0 Å². The van der Waals surface area contributed by atoms with Crippen LogP contribution in [0, 0.1) is 11.3 Å². The molecule has 8 heteroatoms. The van der Waals surface area contributed by atoms with Crippen LogP contribution in [0.4, 0.5) is 17.2 Å². The van der Waals surface area contributed by atoms with Gasteiger partial charge in [0.05, 0.1) is 16.9 Å². The summed E-state index contributed by atoms with van der Waals surface area (Å²) in [5.41, 5.74) is 5.41. The van der Waals surface area contributed by atoms with Crippen LogP contribution in [0.2, 0.25) is 0 Å². The quantitative estimate of drug-likeness (QED) is 0.365. The van der Waals surface area contributed by atoms with E-state index in [2.05, 4.69) is 37.7 Å². The Morgan fingerprint density at radius 3 is 2.79 bits per heavy atom. The summed E-state index contributed by atoms with van der Waals surface area (Å²) in [5, 5.41) is 12.7. The number of H-pyrrole nitrogens is 2. The molecule has 0 aliphatic heterocycles. The third kappa shape index (κ3) is 3.31. The maximum absolute atomic E-state index is 13.3. The Labute approximate surface area is 189 Å². The molecule has 4 N–H and O–H groups in total. The molecule has 3 heterocycles. The molecular formula is C25H22N6O2. The van der Waals surface area contributed by atoms with Crippen LogP contribution in [0.15, 0.2) is 60.9 Å². The van der Waals surface area contributed by atoms with Gasteiger partial charge in [0, 0.05) is 35.3 Å². The summed E-state index contributed by atoms with van der Waals surface area (Å²) in [6, 6.07) is 15.1. The molecule has 1 aromatic carbocycles. The van der Waals surface area contributed by atoms with Gasteiger partial charge in [-0.25, -0.2) is 4.98 Å². The molecule has 1 saturated carbocycles. The van der Waals surface area contributed by atoms with E-state index in [-0.39, 0.29) is 23.0 Å². The number of hydrogen-bond acceptors (Lipinski definition) is 5. The van der Waals surface area contributed by atoms with Crippen molar-refractivity contribution in [3.8, 4) is 11.3 Å². The molecular weight excluding hydrogens is 416 g/mol. The van der Waals surface area contributed by atoms with Crippen molar-refractivity contribution in [3.63, 3.8) is 0 Å². The van der Waals surface area contributed by atoms with Crippen LogP contribution >= 0.6 is 0 Å². The van der Waals surface area contributed by atoms with Gasteiger partial charge in [0.2, 0.25) is 0 Å². The second kappa shape index (κ2) is 7.16. The van der Waals surface area contributed by atoms with Crippen LogP contribution in [-0.2, 0) is 6.42 Å². The molecule has 8 nitrogen and oxygen atoms in total. The van der Waals surface area contributed by atoms with Crippen LogP contribution < -0.4 is 10.6 Å². The molecule has 33 heavy (non-hydrogen) atoms. The highest BCUT2D eigenvalue weighted by Gasteiger charge is 2.58. The van der Waals surface area contributed by atoms with Gasteiger partial charge in [-0.1, -0.05) is 25.1 Å². The molecule has 0 unspecified atom stereocenters. The minimum Gasteiger partial charge on any atom is -0.356 e. The lowest BCUT2D eigenvalue weighted by Crippen LogP contribution is -2.19. The molecule has 0 bridgehead atoms. The summed E-state index contributed by atoms with van der Waals surface area (Å²) in [5.74, 6) is 0.369. The summed E-state index contributed by atoms with van der Waals surface area (Å²) < 4.78 is 0. The Hall–Kier alpha value is -4.20. The van der Waals surface area contributed by atoms with Crippen molar-refractivity contribution in [2.24, 2.45) is 11.3 Å². The molecule has 0 saturated heterocycles. The smallest absolute Gasteiger partial charge is 0.274 e. The molecule has 4 aromatic rings. The van der Waals surface area contributed by atoms with Crippen molar-refractivity contribution in [1.82, 2.24) is 20.2 Å². The van der Waals surface area contributed by atoms with Gasteiger partial charge >= 0.3 is 0 Å². The number of carbonyl (C=O) groups is 2. The maximum atomic E-state index is 13.3. The number of anilines is 3. The number of benzene rings is 1. The highest BCUT2D eigenvalue weighted by molar-refractivity contribution is 6.10. The minimum absolute atomic E-state index is 0.0533. The monoisotopic (exact) mass is 438 g/mol. The largest absolute Gasteiger partial charge is 0.356 e. The standard InChI is InChI=1S/C25H22N6O2/c1-25-12-16(25)23(32)20-18(13-25)29-21(22(20)28-15-5-3-2-4-6-15)14-7-9-26-19(11-14)30-24(33)17-8-10-27-31-17/h2-11,16,28-29H,12-13H2,1H3,(H,27,31)(H,26,30,33)/t16-,25+/m0/s1. The lowest BCUT2D eigenvalue weighted by atomic mass is 9.87. The van der Waals surface area contributed by atoms with Crippen LogP contribution in [0.1, 0.15) is 39.9 Å². The topological polar surface area (TPSA) is 116 Å². The first kappa shape index (κ1) is 19.5. The molecule has 2 aliphatic carbocycles. The summed E-state index contributed by atoms with van der Waals surface area (Å²) in [6.07, 6.45) is 4.95. The van der Waals surface area contributed by atoms with Crippen molar-refractivity contribution in [2.45, 2.75) is 19.8 Å². The van der Waals surface area contributed by atoms with Gasteiger partial charge < -0.3 is 15.6 Å². The van der Waals surface area contributed by atoms with Gasteiger partial charge in [0.25, 0.3) is 5.91 Å². The van der Waals surface area contributed by atoms with E-state index in [0.717, 1.165) is 46.7 Å². The van der Waals surface area contributed by atoms with Crippen LogP contribution in [0.3, 0.4) is 0 Å². The molecule has 2 aliphatic rings. The predicted molar refractivity (Wildman–Crippen MR) is 125 cm³/mol. The van der Waals surface area contributed by atoms with E-state index in [0.29, 0.717) is 11.5 Å². The molecule has 1 amide bonds. The second-order valence-corrected chi connectivity index (χ2v) is 9.03. The molecule has 2 atom stereocenters. The first-order valence-corrected chi connectivity index (χ1v) is 10.9. The first-order chi connectivity index (χ1) is 16.0. The van der Waals surface area contributed by atoms with Crippen LogP contribution in [-0.4, -0.2) is 31.9 Å². The van der Waals surface area contributed by atoms with Crippen LogP contribution in [0.5, 0.6) is 0 Å². The Balaban J connectivity index is 1.41. The highest BCUT2D eigenvalue weighted by atomic mass is 16.2. The summed E-state index contributed by atoms with van der Waals surface area (Å²) in [4.78, 5) is 33.6. The lowest BCUT2D eigenvalue weighted by molar-refractivity contribution is 0.0940. The van der Waals surface area contributed by atoms with E-state index < -0.39 is 0 Å². The Kier molecular flexibility index (Phi) is 4.23. The number of rotatable bonds is 5. The molecule has 3 aromatic heterocycles. The third-order valence-electron chi connectivity index (χ3n) is 6.65. The number of nitrogens with one attached hydrogen (secondary N) is 4. The number of aromatic amines is 2. The number of pyridine rings is 1. The minimum atomic E-state index is -0.325. The number of aromatic nitrogens is 4. The molecule has 1 fully saturated rings. The van der Waals surface area contributed by atoms with E-state index >= 15 is 0 Å². The second-order valence-electron chi connectivity index (χ2n) is 9.03. The van der Waals surface area contributed by atoms with Gasteiger partial charge in [0.1, 0.15) is 11.5 Å². The van der Waals surface area contributed by atoms with Gasteiger partial charge in [-0.3, -0.25) is 14.7 Å². The van der Waals surface area contributed by atoms with E-state index in [1.165, 1.54) is 6.20 Å². The van der Waals surface area contributed by atoms with Gasteiger partial charge in [0.15, 0.2) is 5.78 Å². The van der Waals surface area contributed by atoms with Crippen molar-refractivity contribution < 1.29 is 9.59 Å². The van der Waals surface area contributed by atoms with E-state index in [1.54, 1.807) is 18.3 Å². The SMILES string of the molecule is C[C@@]12Cc3[nH]c(-c4ccnc(NC(=O)c5ccn[nH]5)c4)c(Nc4ccccc4)c3C(=O)[C@@H]1C2. The number of nitrogens with zero attached hydrogens (tertiary/aromatic N) is 2. The lowest BCUT2D eigenvalue weighted by Gasteiger charge is -2.18. The molecule has 6 rings (SSSR count). The number of amides is 1. The van der Waals surface area contributed by atoms with Crippen LogP contribution in [0.25, 0.3) is 11.3 Å². The summed E-state index contributed by atoms with van der Waals surface area (Å²) in [7, 11) is 0. The molecule has 0 radical (unpaired) electrons. The molecule has 0 spiro atoms. The Bertz CT molecular complexity index is 1380. The van der Waals surface area contributed by atoms with Gasteiger partial charge in [-0.2, -0.15) is 5.10 Å². The zero-order valence-electron chi connectivity index (χ0n) is 18.0. The summed E-state index contributed by atoms with van der Waals surface area (Å²) in [6.45, 7) is 2.18. The fourth-order valence-corrected chi connectivity index (χ4v) is 4.77. The Morgan fingerprint density at radius 1 is 1.15 bits per heavy atom. The highest BCUT2D eigenvalue weighted by Crippen LogP contribution is 2.60. The zero-order chi connectivity index (χ0) is 22.6. The number of Topliss-reactive ketones (excluding diaryl/α,β-unsaturated/α-hetero) is 1. The summed E-state index contributed by atoms with van der Waals surface area (Å²) >= 11 is 0.